The third-order valence-electron chi connectivity index (χ3n) is 6.85. The van der Waals surface area contributed by atoms with Gasteiger partial charge in [0.25, 0.3) is 0 Å². The van der Waals surface area contributed by atoms with Gasteiger partial charge in [-0.15, -0.1) is 0 Å². The Morgan fingerprint density at radius 2 is 1.85 bits per heavy atom. The first kappa shape index (κ1) is 16.1. The number of H-pyrrole nitrogens is 1. The molecule has 3 fully saturated rings. The fourth-order valence-electron chi connectivity index (χ4n) is 5.18. The lowest BCUT2D eigenvalue weighted by Gasteiger charge is -2.33. The number of fused-ring (bicyclic) bond motifs is 1. The van der Waals surface area contributed by atoms with Crippen LogP contribution in [0.5, 0.6) is 0 Å². The van der Waals surface area contributed by atoms with Crippen molar-refractivity contribution in [2.75, 3.05) is 26.2 Å². The second-order valence-electron chi connectivity index (χ2n) is 8.24. The van der Waals surface area contributed by atoms with Crippen molar-refractivity contribution in [2.45, 2.75) is 38.1 Å². The summed E-state index contributed by atoms with van der Waals surface area (Å²) in [5.41, 5.74) is 2.12. The molecule has 6 heteroatoms. The van der Waals surface area contributed by atoms with Crippen LogP contribution in [-0.2, 0) is 4.79 Å². The minimum absolute atomic E-state index is 0.0353. The first-order chi connectivity index (χ1) is 12.7. The number of rotatable bonds is 2. The minimum Gasteiger partial charge on any atom is -0.342 e. The van der Waals surface area contributed by atoms with Crippen molar-refractivity contribution in [3.63, 3.8) is 0 Å². The number of hydrogen-bond acceptors (Lipinski definition) is 3. The molecule has 6 nitrogen and oxygen atoms in total. The molecule has 3 heterocycles. The van der Waals surface area contributed by atoms with Gasteiger partial charge in [-0.25, -0.2) is 4.79 Å². The standard InChI is InChI=1S/C20H26N4O2/c25-18(15-13-20(15)7-9-21-10-8-20)23-11-5-14(6-12-23)24-17-4-2-1-3-16(17)22-19(24)26/h1-4,14-15,21H,5-13H2,(H,22,26). The van der Waals surface area contributed by atoms with Gasteiger partial charge >= 0.3 is 5.69 Å². The van der Waals surface area contributed by atoms with Crippen LogP contribution in [0.25, 0.3) is 11.0 Å². The summed E-state index contributed by atoms with van der Waals surface area (Å²) in [5, 5.41) is 3.40. The van der Waals surface area contributed by atoms with E-state index in [4.69, 9.17) is 0 Å². The molecule has 2 aliphatic heterocycles. The van der Waals surface area contributed by atoms with Crippen molar-refractivity contribution in [1.29, 1.82) is 0 Å². The molecule has 26 heavy (non-hydrogen) atoms. The summed E-state index contributed by atoms with van der Waals surface area (Å²) in [7, 11) is 0. The molecule has 5 rings (SSSR count). The van der Waals surface area contributed by atoms with Crippen LogP contribution >= 0.6 is 0 Å². The van der Waals surface area contributed by atoms with Gasteiger partial charge in [-0.05, 0) is 62.7 Å². The summed E-state index contributed by atoms with van der Waals surface area (Å²) in [5.74, 6) is 0.605. The maximum absolute atomic E-state index is 12.9. The van der Waals surface area contributed by atoms with Gasteiger partial charge in [-0.1, -0.05) is 12.1 Å². The SMILES string of the molecule is O=C(C1CC12CCNCC2)N1CCC(n2c(=O)[nH]c3ccccc32)CC1. The minimum atomic E-state index is -0.0353. The predicted molar refractivity (Wildman–Crippen MR) is 100 cm³/mol. The van der Waals surface area contributed by atoms with E-state index in [1.165, 1.54) is 0 Å². The van der Waals surface area contributed by atoms with Gasteiger partial charge in [-0.3, -0.25) is 9.36 Å². The second kappa shape index (κ2) is 5.98. The number of piperidine rings is 2. The van der Waals surface area contributed by atoms with Crippen molar-refractivity contribution in [3.05, 3.63) is 34.7 Å². The molecule has 1 aromatic carbocycles. The van der Waals surface area contributed by atoms with E-state index in [0.717, 1.165) is 69.3 Å². The predicted octanol–water partition coefficient (Wildman–Crippen LogP) is 1.88. The molecule has 1 amide bonds. The Balaban J connectivity index is 1.27. The highest BCUT2D eigenvalue weighted by Gasteiger charge is 2.58. The summed E-state index contributed by atoms with van der Waals surface area (Å²) >= 11 is 0. The van der Waals surface area contributed by atoms with Crippen LogP contribution in [0.2, 0.25) is 0 Å². The maximum atomic E-state index is 12.9. The number of para-hydroxylation sites is 2. The molecule has 2 saturated heterocycles. The molecule has 0 radical (unpaired) electrons. The number of nitrogens with one attached hydrogen (secondary N) is 2. The van der Waals surface area contributed by atoms with Gasteiger partial charge in [0.05, 0.1) is 11.0 Å². The Labute approximate surface area is 152 Å². The summed E-state index contributed by atoms with van der Waals surface area (Å²) in [6, 6.07) is 8.02. The quantitative estimate of drug-likeness (QED) is 0.865. The number of imidazole rings is 1. The molecule has 3 aliphatic rings. The fourth-order valence-corrected chi connectivity index (χ4v) is 5.18. The molecule has 1 aliphatic carbocycles. The van der Waals surface area contributed by atoms with Crippen molar-refractivity contribution >= 4 is 16.9 Å². The second-order valence-corrected chi connectivity index (χ2v) is 8.24. The largest absolute Gasteiger partial charge is 0.342 e. The number of aromatic nitrogens is 2. The number of carbonyl (C=O) groups excluding carboxylic acids is 1. The molecule has 2 N–H and O–H groups in total. The lowest BCUT2D eigenvalue weighted by atomic mass is 9.91. The Morgan fingerprint density at radius 3 is 2.62 bits per heavy atom. The van der Waals surface area contributed by atoms with Crippen molar-refractivity contribution in [3.8, 4) is 0 Å². The Bertz CT molecular complexity index is 885. The van der Waals surface area contributed by atoms with Crippen LogP contribution in [0.4, 0.5) is 0 Å². The smallest absolute Gasteiger partial charge is 0.326 e. The van der Waals surface area contributed by atoms with Crippen LogP contribution in [-0.4, -0.2) is 46.5 Å². The van der Waals surface area contributed by atoms with E-state index in [0.29, 0.717) is 11.3 Å². The van der Waals surface area contributed by atoms with E-state index in [-0.39, 0.29) is 17.6 Å². The Hall–Kier alpha value is -2.08. The van der Waals surface area contributed by atoms with Gasteiger partial charge in [0.15, 0.2) is 0 Å². The summed E-state index contributed by atoms with van der Waals surface area (Å²) < 4.78 is 1.89. The Morgan fingerprint density at radius 1 is 1.12 bits per heavy atom. The van der Waals surface area contributed by atoms with Gasteiger partial charge in [-0.2, -0.15) is 0 Å². The van der Waals surface area contributed by atoms with Crippen molar-refractivity contribution in [1.82, 2.24) is 19.8 Å². The molecule has 1 unspecified atom stereocenters. The topological polar surface area (TPSA) is 70.1 Å². The van der Waals surface area contributed by atoms with Crippen molar-refractivity contribution in [2.24, 2.45) is 11.3 Å². The normalized spacial score (nSPS) is 25.7. The van der Waals surface area contributed by atoms with Crippen LogP contribution in [0, 0.1) is 11.3 Å². The fraction of sp³-hybridized carbons (Fsp3) is 0.600. The molecular weight excluding hydrogens is 328 g/mol. The first-order valence-electron chi connectivity index (χ1n) is 9.87. The highest BCUT2D eigenvalue weighted by Crippen LogP contribution is 2.59. The first-order valence-corrected chi connectivity index (χ1v) is 9.87. The average molecular weight is 354 g/mol. The van der Waals surface area contributed by atoms with E-state index < -0.39 is 0 Å². The molecule has 1 aromatic heterocycles. The molecular formula is C20H26N4O2. The summed E-state index contributed by atoms with van der Waals surface area (Å²) in [6.45, 7) is 3.63. The number of amides is 1. The molecule has 1 spiro atoms. The number of hydrogen-bond donors (Lipinski definition) is 2. The zero-order valence-corrected chi connectivity index (χ0v) is 15.0. The lowest BCUT2D eigenvalue weighted by Crippen LogP contribution is -2.42. The van der Waals surface area contributed by atoms with E-state index in [1.807, 2.05) is 28.8 Å². The zero-order valence-electron chi connectivity index (χ0n) is 15.0. The number of aromatic amines is 1. The number of benzene rings is 1. The third-order valence-corrected chi connectivity index (χ3v) is 6.85. The number of carbonyl (C=O) groups is 1. The molecule has 1 atom stereocenters. The summed E-state index contributed by atoms with van der Waals surface area (Å²) in [6.07, 6.45) is 5.08. The van der Waals surface area contributed by atoms with Crippen LogP contribution < -0.4 is 11.0 Å². The van der Waals surface area contributed by atoms with Gasteiger partial charge in [0.1, 0.15) is 0 Å². The van der Waals surface area contributed by atoms with Crippen LogP contribution in [0.1, 0.15) is 38.1 Å². The Kier molecular flexibility index (Phi) is 3.71. The highest BCUT2D eigenvalue weighted by molar-refractivity contribution is 5.83. The third kappa shape index (κ3) is 2.50. The van der Waals surface area contributed by atoms with Gasteiger partial charge in [0.2, 0.25) is 5.91 Å². The molecule has 0 bridgehead atoms. The van der Waals surface area contributed by atoms with E-state index in [9.17, 15) is 9.59 Å². The molecule has 1 saturated carbocycles. The van der Waals surface area contributed by atoms with Gasteiger partial charge in [0, 0.05) is 25.0 Å². The zero-order chi connectivity index (χ0) is 17.7. The van der Waals surface area contributed by atoms with Crippen LogP contribution in [0.3, 0.4) is 0 Å². The maximum Gasteiger partial charge on any atom is 0.326 e. The van der Waals surface area contributed by atoms with Gasteiger partial charge < -0.3 is 15.2 Å². The monoisotopic (exact) mass is 354 g/mol. The van der Waals surface area contributed by atoms with E-state index in [1.54, 1.807) is 0 Å². The van der Waals surface area contributed by atoms with E-state index >= 15 is 0 Å². The van der Waals surface area contributed by atoms with E-state index in [2.05, 4.69) is 15.2 Å². The number of likely N-dealkylation sites (tertiary alicyclic amines) is 1. The van der Waals surface area contributed by atoms with Crippen LogP contribution in [0.15, 0.2) is 29.1 Å². The lowest BCUT2D eigenvalue weighted by molar-refractivity contribution is -0.134. The molecule has 138 valence electrons. The molecule has 2 aromatic rings. The average Bonchev–Trinajstić information content (AvgIpc) is 3.24. The summed E-state index contributed by atoms with van der Waals surface area (Å²) in [4.78, 5) is 30.3. The number of nitrogens with zero attached hydrogens (tertiary/aromatic N) is 2. The highest BCUT2D eigenvalue weighted by atomic mass is 16.2. The van der Waals surface area contributed by atoms with Crippen molar-refractivity contribution < 1.29 is 4.79 Å².